The summed E-state index contributed by atoms with van der Waals surface area (Å²) in [7, 11) is -2.40. The number of anilines is 1. The van der Waals surface area contributed by atoms with Crippen LogP contribution in [0.4, 0.5) is 5.69 Å². The first-order valence-corrected chi connectivity index (χ1v) is 12.4. The Hall–Kier alpha value is -3.00. The van der Waals surface area contributed by atoms with Gasteiger partial charge in [-0.25, -0.2) is 18.1 Å². The van der Waals surface area contributed by atoms with Crippen LogP contribution in [0.1, 0.15) is 42.5 Å². The third-order valence-electron chi connectivity index (χ3n) is 5.90. The summed E-state index contributed by atoms with van der Waals surface area (Å²) < 4.78 is 41.5. The summed E-state index contributed by atoms with van der Waals surface area (Å²) >= 11 is 0. The van der Waals surface area contributed by atoms with Crippen LogP contribution in [-0.4, -0.2) is 33.6 Å². The van der Waals surface area contributed by atoms with Gasteiger partial charge in [0.25, 0.3) is 10.0 Å². The first kappa shape index (κ1) is 24.6. The smallest absolute Gasteiger partial charge is 0.264 e. The number of nitrogens with zero attached hydrogens (tertiary/aromatic N) is 1. The molecule has 0 aromatic heterocycles. The van der Waals surface area contributed by atoms with Crippen molar-refractivity contribution in [3.8, 4) is 11.5 Å². The molecular formula is C25H33N3O4S. The maximum atomic E-state index is 13.6. The van der Waals surface area contributed by atoms with Crippen LogP contribution in [0.15, 0.2) is 46.8 Å². The number of nitrogens with one attached hydrogen (secondary N) is 2. The molecule has 178 valence electrons. The zero-order valence-electron chi connectivity index (χ0n) is 20.2. The number of methoxy groups -OCH3 is 1. The second kappa shape index (κ2) is 9.47. The van der Waals surface area contributed by atoms with E-state index in [0.717, 1.165) is 29.7 Å². The molecule has 1 aliphatic heterocycles. The van der Waals surface area contributed by atoms with Gasteiger partial charge in [0.1, 0.15) is 17.1 Å². The van der Waals surface area contributed by atoms with Crippen molar-refractivity contribution in [2.24, 2.45) is 4.99 Å². The lowest BCUT2D eigenvalue weighted by atomic mass is 9.88. The fourth-order valence-corrected chi connectivity index (χ4v) is 5.61. The van der Waals surface area contributed by atoms with Crippen LogP contribution in [0.2, 0.25) is 0 Å². The molecule has 2 aromatic rings. The van der Waals surface area contributed by atoms with Crippen molar-refractivity contribution in [3.63, 3.8) is 0 Å². The van der Waals surface area contributed by atoms with Crippen LogP contribution in [0.3, 0.4) is 0 Å². The molecule has 3 rings (SSSR count). The Balaban J connectivity index is 2.03. The standard InChI is InChI=1S/C25H33N3O4S/c1-8-15-26-24(27-20-11-9-10-12-21(20)31-7)28-33(29,30)23-17(3)16(2)22-19(18(23)4)13-14-25(5,6)32-22/h8-12H,1,13-15H2,2-7H3,(H2,26,27,28). The van der Waals surface area contributed by atoms with E-state index in [-0.39, 0.29) is 23.0 Å². The SMILES string of the molecule is C=CCN=C(Nc1ccccc1OC)NS(=O)(=O)c1c(C)c(C)c2c(c1C)CCC(C)(C)O2. The van der Waals surface area contributed by atoms with Crippen molar-refractivity contribution >= 4 is 21.7 Å². The van der Waals surface area contributed by atoms with Crippen molar-refractivity contribution in [3.05, 3.63) is 59.2 Å². The van der Waals surface area contributed by atoms with Gasteiger partial charge in [0.2, 0.25) is 5.96 Å². The van der Waals surface area contributed by atoms with Crippen molar-refractivity contribution in [2.75, 3.05) is 19.0 Å². The molecule has 0 radical (unpaired) electrons. The fourth-order valence-electron chi connectivity index (χ4n) is 4.06. The molecule has 0 aliphatic carbocycles. The Morgan fingerprint density at radius 2 is 1.91 bits per heavy atom. The number of ether oxygens (including phenoxy) is 2. The molecule has 1 aliphatic rings. The Morgan fingerprint density at radius 1 is 1.21 bits per heavy atom. The predicted molar refractivity (Wildman–Crippen MR) is 133 cm³/mol. The zero-order chi connectivity index (χ0) is 24.4. The molecule has 0 saturated carbocycles. The number of hydrogen-bond donors (Lipinski definition) is 2. The van der Waals surface area contributed by atoms with E-state index in [1.165, 1.54) is 0 Å². The van der Waals surface area contributed by atoms with Gasteiger partial charge in [-0.3, -0.25) is 0 Å². The van der Waals surface area contributed by atoms with Crippen molar-refractivity contribution in [2.45, 2.75) is 58.0 Å². The Kier molecular flexibility index (Phi) is 7.07. The summed E-state index contributed by atoms with van der Waals surface area (Å²) in [6.07, 6.45) is 3.17. The molecule has 0 bridgehead atoms. The largest absolute Gasteiger partial charge is 0.495 e. The van der Waals surface area contributed by atoms with Crippen molar-refractivity contribution < 1.29 is 17.9 Å². The van der Waals surface area contributed by atoms with E-state index in [2.05, 4.69) is 35.5 Å². The average Bonchev–Trinajstić information content (AvgIpc) is 2.75. The summed E-state index contributed by atoms with van der Waals surface area (Å²) in [6.45, 7) is 13.6. The Morgan fingerprint density at radius 3 is 2.58 bits per heavy atom. The van der Waals surface area contributed by atoms with Gasteiger partial charge in [-0.05, 0) is 81.8 Å². The summed E-state index contributed by atoms with van der Waals surface area (Å²) in [5, 5.41) is 3.05. The van der Waals surface area contributed by atoms with Gasteiger partial charge < -0.3 is 14.8 Å². The quantitative estimate of drug-likeness (QED) is 0.363. The molecule has 8 heteroatoms. The lowest BCUT2D eigenvalue weighted by Crippen LogP contribution is -2.38. The predicted octanol–water partition coefficient (Wildman–Crippen LogP) is 4.66. The topological polar surface area (TPSA) is 89.0 Å². The Labute approximate surface area is 197 Å². The third-order valence-corrected chi connectivity index (χ3v) is 7.52. The van der Waals surface area contributed by atoms with Crippen LogP contribution < -0.4 is 19.5 Å². The van der Waals surface area contributed by atoms with E-state index in [9.17, 15) is 8.42 Å². The Bertz CT molecular complexity index is 1200. The highest BCUT2D eigenvalue weighted by Crippen LogP contribution is 2.42. The summed E-state index contributed by atoms with van der Waals surface area (Å²) in [5.74, 6) is 1.46. The zero-order valence-corrected chi connectivity index (χ0v) is 21.0. The van der Waals surface area contributed by atoms with Crippen LogP contribution >= 0.6 is 0 Å². The molecule has 2 N–H and O–H groups in total. The number of para-hydroxylation sites is 2. The van der Waals surface area contributed by atoms with Crippen LogP contribution in [0.5, 0.6) is 11.5 Å². The summed E-state index contributed by atoms with van der Waals surface area (Å²) in [5.41, 5.74) is 3.47. The van der Waals surface area contributed by atoms with Crippen LogP contribution in [0.25, 0.3) is 0 Å². The number of guanidine groups is 1. The van der Waals surface area contributed by atoms with Gasteiger partial charge in [0, 0.05) is 0 Å². The monoisotopic (exact) mass is 471 g/mol. The van der Waals surface area contributed by atoms with Gasteiger partial charge in [-0.15, -0.1) is 6.58 Å². The van der Waals surface area contributed by atoms with E-state index in [0.29, 0.717) is 22.6 Å². The number of aliphatic imine (C=N–C) groups is 1. The first-order chi connectivity index (χ1) is 15.5. The van der Waals surface area contributed by atoms with Gasteiger partial charge in [-0.2, -0.15) is 0 Å². The fraction of sp³-hybridized carbons (Fsp3) is 0.400. The number of benzene rings is 2. The molecule has 0 amide bonds. The second-order valence-corrected chi connectivity index (χ2v) is 10.4. The highest BCUT2D eigenvalue weighted by Gasteiger charge is 2.33. The molecule has 7 nitrogen and oxygen atoms in total. The minimum absolute atomic E-state index is 0.0888. The summed E-state index contributed by atoms with van der Waals surface area (Å²) in [6, 6.07) is 7.23. The minimum Gasteiger partial charge on any atom is -0.495 e. The van der Waals surface area contributed by atoms with Gasteiger partial charge in [-0.1, -0.05) is 18.2 Å². The number of hydrogen-bond acceptors (Lipinski definition) is 5. The highest BCUT2D eigenvalue weighted by atomic mass is 32.2. The summed E-state index contributed by atoms with van der Waals surface area (Å²) in [4.78, 5) is 4.59. The normalized spacial score (nSPS) is 15.3. The van der Waals surface area contributed by atoms with Gasteiger partial charge >= 0.3 is 0 Å². The second-order valence-electron chi connectivity index (χ2n) is 8.78. The maximum absolute atomic E-state index is 13.6. The lowest BCUT2D eigenvalue weighted by molar-refractivity contribution is 0.0832. The van der Waals surface area contributed by atoms with Crippen molar-refractivity contribution in [1.82, 2.24) is 4.72 Å². The molecule has 0 unspecified atom stereocenters. The molecule has 0 spiro atoms. The number of sulfonamides is 1. The highest BCUT2D eigenvalue weighted by molar-refractivity contribution is 7.90. The first-order valence-electron chi connectivity index (χ1n) is 10.9. The number of rotatable bonds is 6. The lowest BCUT2D eigenvalue weighted by Gasteiger charge is -2.35. The molecule has 0 saturated heterocycles. The maximum Gasteiger partial charge on any atom is 0.264 e. The van der Waals surface area contributed by atoms with E-state index in [4.69, 9.17) is 9.47 Å². The van der Waals surface area contributed by atoms with Gasteiger partial charge in [0.15, 0.2) is 0 Å². The van der Waals surface area contributed by atoms with Crippen molar-refractivity contribution in [1.29, 1.82) is 0 Å². The minimum atomic E-state index is -3.95. The molecule has 1 heterocycles. The van der Waals surface area contributed by atoms with E-state index >= 15 is 0 Å². The molecule has 2 aromatic carbocycles. The van der Waals surface area contributed by atoms with E-state index in [1.807, 2.05) is 32.9 Å². The molecule has 0 fully saturated rings. The molecule has 0 atom stereocenters. The van der Waals surface area contributed by atoms with Gasteiger partial charge in [0.05, 0.1) is 24.2 Å². The average molecular weight is 472 g/mol. The molecule has 33 heavy (non-hydrogen) atoms. The van der Waals surface area contributed by atoms with E-state index < -0.39 is 10.0 Å². The molecular weight excluding hydrogens is 438 g/mol. The van der Waals surface area contributed by atoms with E-state index in [1.54, 1.807) is 25.3 Å². The third kappa shape index (κ3) is 5.16. The van der Waals surface area contributed by atoms with Crippen LogP contribution in [0, 0.1) is 20.8 Å². The number of fused-ring (bicyclic) bond motifs is 1. The van der Waals surface area contributed by atoms with Crippen LogP contribution in [-0.2, 0) is 16.4 Å².